The van der Waals surface area contributed by atoms with Gasteiger partial charge in [0.05, 0.1) is 16.7 Å². The van der Waals surface area contributed by atoms with Crippen LogP contribution in [0.25, 0.3) is 0 Å². The zero-order valence-electron chi connectivity index (χ0n) is 8.04. The number of nitro benzene ring substituents is 1. The van der Waals surface area contributed by atoms with Crippen LogP contribution in [-0.4, -0.2) is 30.2 Å². The number of nitro groups is 1. The highest BCUT2D eigenvalue weighted by Gasteiger charge is 2.09. The van der Waals surface area contributed by atoms with Gasteiger partial charge >= 0.3 is 0 Å². The van der Waals surface area contributed by atoms with Gasteiger partial charge in [-0.3, -0.25) is 10.1 Å². The standard InChI is InChI=1S/C9H11N3O2/c1-11(2)10-7-8-5-3-4-6-9(8)12(13)14/h3-7H,1-2H3/b10-7+. The van der Waals surface area contributed by atoms with E-state index in [1.807, 2.05) is 0 Å². The van der Waals surface area contributed by atoms with E-state index in [0.29, 0.717) is 5.56 Å². The van der Waals surface area contributed by atoms with Gasteiger partial charge in [-0.1, -0.05) is 12.1 Å². The molecule has 1 rings (SSSR count). The molecule has 74 valence electrons. The number of hydrazone groups is 1. The molecule has 5 heteroatoms. The van der Waals surface area contributed by atoms with E-state index in [4.69, 9.17) is 0 Å². The molecule has 0 amide bonds. The van der Waals surface area contributed by atoms with E-state index >= 15 is 0 Å². The molecule has 0 atom stereocenters. The van der Waals surface area contributed by atoms with Crippen molar-refractivity contribution in [3.63, 3.8) is 0 Å². The molecule has 1 aromatic carbocycles. The number of para-hydroxylation sites is 1. The van der Waals surface area contributed by atoms with Gasteiger partial charge in [0.2, 0.25) is 0 Å². The van der Waals surface area contributed by atoms with Crippen molar-refractivity contribution in [2.24, 2.45) is 5.10 Å². The molecular formula is C9H11N3O2. The van der Waals surface area contributed by atoms with Crippen molar-refractivity contribution in [3.05, 3.63) is 39.9 Å². The molecule has 0 saturated heterocycles. The second-order valence-corrected chi connectivity index (χ2v) is 2.91. The first-order valence-electron chi connectivity index (χ1n) is 4.06. The highest BCUT2D eigenvalue weighted by Crippen LogP contribution is 2.15. The predicted molar refractivity (Wildman–Crippen MR) is 54.4 cm³/mol. The molecular weight excluding hydrogens is 182 g/mol. The fraction of sp³-hybridized carbons (Fsp3) is 0.222. The van der Waals surface area contributed by atoms with Crippen molar-refractivity contribution in [1.29, 1.82) is 0 Å². The minimum atomic E-state index is -0.420. The van der Waals surface area contributed by atoms with Crippen LogP contribution in [0.2, 0.25) is 0 Å². The fourth-order valence-corrected chi connectivity index (χ4v) is 0.941. The maximum atomic E-state index is 10.6. The number of hydrogen-bond donors (Lipinski definition) is 0. The minimum Gasteiger partial charge on any atom is -0.303 e. The molecule has 0 aliphatic carbocycles. The lowest BCUT2D eigenvalue weighted by Crippen LogP contribution is -2.03. The first-order chi connectivity index (χ1) is 6.61. The van der Waals surface area contributed by atoms with Crippen molar-refractivity contribution in [3.8, 4) is 0 Å². The van der Waals surface area contributed by atoms with Gasteiger partial charge in [0.15, 0.2) is 0 Å². The molecule has 14 heavy (non-hydrogen) atoms. The number of benzene rings is 1. The summed E-state index contributed by atoms with van der Waals surface area (Å²) in [5.74, 6) is 0. The van der Waals surface area contributed by atoms with Gasteiger partial charge in [0.1, 0.15) is 0 Å². The third-order valence-corrected chi connectivity index (χ3v) is 1.56. The van der Waals surface area contributed by atoms with Crippen LogP contribution in [0, 0.1) is 10.1 Å². The monoisotopic (exact) mass is 193 g/mol. The maximum absolute atomic E-state index is 10.6. The fourth-order valence-electron chi connectivity index (χ4n) is 0.941. The number of nitrogens with zero attached hydrogens (tertiary/aromatic N) is 3. The second kappa shape index (κ2) is 4.36. The molecule has 0 spiro atoms. The van der Waals surface area contributed by atoms with Crippen molar-refractivity contribution < 1.29 is 4.92 Å². The van der Waals surface area contributed by atoms with Gasteiger partial charge in [-0.2, -0.15) is 5.10 Å². The third kappa shape index (κ3) is 2.55. The minimum absolute atomic E-state index is 0.0677. The average Bonchev–Trinajstić information content (AvgIpc) is 2.15. The van der Waals surface area contributed by atoms with Crippen LogP contribution in [0.15, 0.2) is 29.4 Å². The Kier molecular flexibility index (Phi) is 3.17. The maximum Gasteiger partial charge on any atom is 0.278 e. The summed E-state index contributed by atoms with van der Waals surface area (Å²) in [5.41, 5.74) is 0.573. The van der Waals surface area contributed by atoms with E-state index < -0.39 is 4.92 Å². The van der Waals surface area contributed by atoms with Crippen LogP contribution >= 0.6 is 0 Å². The predicted octanol–water partition coefficient (Wildman–Crippen LogP) is 1.49. The van der Waals surface area contributed by atoms with Gasteiger partial charge in [-0.15, -0.1) is 0 Å². The summed E-state index contributed by atoms with van der Waals surface area (Å²) in [7, 11) is 3.51. The molecule has 0 aliphatic rings. The summed E-state index contributed by atoms with van der Waals surface area (Å²) < 4.78 is 0. The van der Waals surface area contributed by atoms with E-state index in [0.717, 1.165) is 0 Å². The Hall–Kier alpha value is -1.91. The molecule has 0 fully saturated rings. The Morgan fingerprint density at radius 3 is 2.64 bits per heavy atom. The Morgan fingerprint density at radius 2 is 2.07 bits per heavy atom. The molecule has 0 radical (unpaired) electrons. The molecule has 5 nitrogen and oxygen atoms in total. The lowest BCUT2D eigenvalue weighted by molar-refractivity contribution is -0.385. The SMILES string of the molecule is CN(C)/N=C/c1ccccc1[N+](=O)[O-]. The third-order valence-electron chi connectivity index (χ3n) is 1.56. The van der Waals surface area contributed by atoms with Gasteiger partial charge in [-0.25, -0.2) is 0 Å². The summed E-state index contributed by atoms with van der Waals surface area (Å²) in [4.78, 5) is 10.2. The lowest BCUT2D eigenvalue weighted by atomic mass is 10.2. The highest BCUT2D eigenvalue weighted by atomic mass is 16.6. The van der Waals surface area contributed by atoms with E-state index in [-0.39, 0.29) is 5.69 Å². The number of rotatable bonds is 3. The zero-order valence-corrected chi connectivity index (χ0v) is 8.04. The Bertz CT molecular complexity index is 361. The topological polar surface area (TPSA) is 58.7 Å². The van der Waals surface area contributed by atoms with Gasteiger partial charge in [0, 0.05) is 20.2 Å². The summed E-state index contributed by atoms with van der Waals surface area (Å²) in [6.45, 7) is 0. The smallest absolute Gasteiger partial charge is 0.278 e. The Morgan fingerprint density at radius 1 is 1.43 bits per heavy atom. The number of hydrogen-bond acceptors (Lipinski definition) is 4. The van der Waals surface area contributed by atoms with Crippen LogP contribution < -0.4 is 0 Å². The molecule has 0 N–H and O–H groups in total. The summed E-state index contributed by atoms with van der Waals surface area (Å²) in [6, 6.07) is 6.48. The van der Waals surface area contributed by atoms with E-state index in [2.05, 4.69) is 5.10 Å². The Labute approximate surface area is 81.8 Å². The van der Waals surface area contributed by atoms with E-state index in [1.165, 1.54) is 12.3 Å². The van der Waals surface area contributed by atoms with Gasteiger partial charge in [0.25, 0.3) is 5.69 Å². The normalized spacial score (nSPS) is 10.4. The van der Waals surface area contributed by atoms with Gasteiger partial charge < -0.3 is 5.01 Å². The van der Waals surface area contributed by atoms with E-state index in [9.17, 15) is 10.1 Å². The van der Waals surface area contributed by atoms with Crippen molar-refractivity contribution >= 4 is 11.9 Å². The molecule has 0 aliphatic heterocycles. The highest BCUT2D eigenvalue weighted by molar-refractivity contribution is 5.84. The molecule has 1 aromatic rings. The van der Waals surface area contributed by atoms with Crippen molar-refractivity contribution in [2.45, 2.75) is 0 Å². The largest absolute Gasteiger partial charge is 0.303 e. The lowest BCUT2D eigenvalue weighted by Gasteiger charge is -2.02. The van der Waals surface area contributed by atoms with Crippen molar-refractivity contribution in [2.75, 3.05) is 14.1 Å². The van der Waals surface area contributed by atoms with E-state index in [1.54, 1.807) is 37.3 Å². The van der Waals surface area contributed by atoms with Crippen LogP contribution in [0.3, 0.4) is 0 Å². The van der Waals surface area contributed by atoms with Crippen LogP contribution in [-0.2, 0) is 0 Å². The first-order valence-corrected chi connectivity index (χ1v) is 4.06. The second-order valence-electron chi connectivity index (χ2n) is 2.91. The zero-order chi connectivity index (χ0) is 10.6. The molecule has 0 saturated carbocycles. The summed E-state index contributed by atoms with van der Waals surface area (Å²) >= 11 is 0. The van der Waals surface area contributed by atoms with Crippen LogP contribution in [0.1, 0.15) is 5.56 Å². The molecule has 0 bridgehead atoms. The average molecular weight is 193 g/mol. The van der Waals surface area contributed by atoms with Crippen molar-refractivity contribution in [1.82, 2.24) is 5.01 Å². The van der Waals surface area contributed by atoms with Gasteiger partial charge in [-0.05, 0) is 6.07 Å². The quantitative estimate of drug-likeness (QED) is 0.415. The van der Waals surface area contributed by atoms with Crippen LogP contribution in [0.5, 0.6) is 0 Å². The first kappa shape index (κ1) is 10.2. The molecule has 0 unspecified atom stereocenters. The van der Waals surface area contributed by atoms with Crippen LogP contribution in [0.4, 0.5) is 5.69 Å². The molecule has 0 aromatic heterocycles. The summed E-state index contributed by atoms with van der Waals surface area (Å²) in [5, 5.41) is 16.1. The Balaban J connectivity index is 3.02. The summed E-state index contributed by atoms with van der Waals surface area (Å²) in [6.07, 6.45) is 1.47. The molecule has 0 heterocycles.